The maximum Gasteiger partial charge on any atom is 0.315 e. The maximum atomic E-state index is 12.0. The van der Waals surface area contributed by atoms with Crippen LogP contribution in [-0.4, -0.2) is 37.9 Å². The Labute approximate surface area is 133 Å². The van der Waals surface area contributed by atoms with Gasteiger partial charge in [-0.2, -0.15) is 0 Å². The number of hydrogen-bond acceptors (Lipinski definition) is 3. The largest absolute Gasteiger partial charge is 0.396 e. The van der Waals surface area contributed by atoms with E-state index < -0.39 is 0 Å². The second kappa shape index (κ2) is 8.63. The quantitative estimate of drug-likeness (QED) is 0.724. The van der Waals surface area contributed by atoms with Crippen LogP contribution in [0.5, 0.6) is 0 Å². The highest BCUT2D eigenvalue weighted by molar-refractivity contribution is 5.74. The van der Waals surface area contributed by atoms with Crippen LogP contribution in [0, 0.1) is 12.8 Å². The number of aliphatic hydroxyl groups excluding tert-OH is 1. The average molecular weight is 307 g/mol. The molecule has 1 unspecified atom stereocenters. The van der Waals surface area contributed by atoms with Crippen LogP contribution in [0.25, 0.3) is 0 Å². The molecule has 1 rings (SSSR count). The first kappa shape index (κ1) is 18.3. The van der Waals surface area contributed by atoms with E-state index in [2.05, 4.69) is 23.6 Å². The Morgan fingerprint density at radius 1 is 1.32 bits per heavy atom. The van der Waals surface area contributed by atoms with E-state index in [-0.39, 0.29) is 24.6 Å². The lowest BCUT2D eigenvalue weighted by Gasteiger charge is -2.22. The van der Waals surface area contributed by atoms with E-state index in [0.29, 0.717) is 13.0 Å². The van der Waals surface area contributed by atoms with Crippen LogP contribution in [0.15, 0.2) is 18.2 Å². The number of amides is 2. The SMILES string of the molecule is Cc1ccc(CNC(=O)NC(CCO)C(C)C)c(N(C)C)c1. The van der Waals surface area contributed by atoms with Crippen molar-refractivity contribution in [2.45, 2.75) is 39.8 Å². The standard InChI is InChI=1S/C17H29N3O2/c1-12(2)15(8-9-21)19-17(22)18-11-14-7-6-13(3)10-16(14)20(4)5/h6-7,10,12,15,21H,8-9,11H2,1-5H3,(H2,18,19,22). The van der Waals surface area contributed by atoms with Gasteiger partial charge < -0.3 is 20.6 Å². The van der Waals surface area contributed by atoms with Crippen molar-refractivity contribution >= 4 is 11.7 Å². The lowest BCUT2D eigenvalue weighted by atomic mass is 10.0. The topological polar surface area (TPSA) is 64.6 Å². The predicted octanol–water partition coefficient (Wildman–Crippen LogP) is 2.27. The number of anilines is 1. The Hall–Kier alpha value is -1.75. The van der Waals surface area contributed by atoms with E-state index in [1.807, 2.05) is 45.0 Å². The van der Waals surface area contributed by atoms with Crippen molar-refractivity contribution < 1.29 is 9.90 Å². The van der Waals surface area contributed by atoms with E-state index in [1.54, 1.807) is 0 Å². The first-order valence-electron chi connectivity index (χ1n) is 7.77. The fourth-order valence-electron chi connectivity index (χ4n) is 2.35. The molecule has 1 aromatic rings. The molecule has 0 heterocycles. The summed E-state index contributed by atoms with van der Waals surface area (Å²) in [6.45, 7) is 6.67. The van der Waals surface area contributed by atoms with Crippen LogP contribution in [0.3, 0.4) is 0 Å². The van der Waals surface area contributed by atoms with E-state index in [0.717, 1.165) is 11.3 Å². The van der Waals surface area contributed by atoms with Crippen LogP contribution in [0.1, 0.15) is 31.4 Å². The summed E-state index contributed by atoms with van der Waals surface area (Å²) in [5.74, 6) is 0.287. The van der Waals surface area contributed by atoms with Gasteiger partial charge in [-0.25, -0.2) is 4.79 Å². The van der Waals surface area contributed by atoms with Crippen molar-refractivity contribution in [2.24, 2.45) is 5.92 Å². The summed E-state index contributed by atoms with van der Waals surface area (Å²) >= 11 is 0. The minimum atomic E-state index is -0.197. The summed E-state index contributed by atoms with van der Waals surface area (Å²) < 4.78 is 0. The highest BCUT2D eigenvalue weighted by Crippen LogP contribution is 2.20. The Morgan fingerprint density at radius 2 is 2.00 bits per heavy atom. The lowest BCUT2D eigenvalue weighted by molar-refractivity contribution is 0.218. The molecule has 0 bridgehead atoms. The van der Waals surface area contributed by atoms with Crippen molar-refractivity contribution in [3.05, 3.63) is 29.3 Å². The molecule has 0 aliphatic rings. The molecule has 0 aromatic heterocycles. The Balaban J connectivity index is 2.64. The second-order valence-corrected chi connectivity index (χ2v) is 6.22. The molecule has 0 aliphatic carbocycles. The molecular formula is C17H29N3O2. The van der Waals surface area contributed by atoms with Gasteiger partial charge in [-0.15, -0.1) is 0 Å². The Bertz CT molecular complexity index is 487. The summed E-state index contributed by atoms with van der Waals surface area (Å²) in [6.07, 6.45) is 0.568. The number of hydrogen-bond donors (Lipinski definition) is 3. The zero-order chi connectivity index (χ0) is 16.7. The number of benzene rings is 1. The number of aryl methyl sites for hydroxylation is 1. The molecule has 0 saturated heterocycles. The van der Waals surface area contributed by atoms with Gasteiger partial charge in [-0.1, -0.05) is 26.0 Å². The number of rotatable bonds is 7. The van der Waals surface area contributed by atoms with Gasteiger partial charge >= 0.3 is 6.03 Å². The molecule has 22 heavy (non-hydrogen) atoms. The molecule has 124 valence electrons. The molecule has 5 nitrogen and oxygen atoms in total. The van der Waals surface area contributed by atoms with Gasteiger partial charge in [0.15, 0.2) is 0 Å². The summed E-state index contributed by atoms with van der Waals surface area (Å²) in [4.78, 5) is 14.1. The molecule has 0 spiro atoms. The van der Waals surface area contributed by atoms with Gasteiger partial charge in [0, 0.05) is 39.0 Å². The fourth-order valence-corrected chi connectivity index (χ4v) is 2.35. The summed E-state index contributed by atoms with van der Waals surface area (Å²) in [7, 11) is 3.99. The molecule has 1 aromatic carbocycles. The Morgan fingerprint density at radius 3 is 2.55 bits per heavy atom. The number of carbonyl (C=O) groups excluding carboxylic acids is 1. The molecule has 0 aliphatic heterocycles. The minimum Gasteiger partial charge on any atom is -0.396 e. The van der Waals surface area contributed by atoms with Gasteiger partial charge in [0.2, 0.25) is 0 Å². The fraction of sp³-hybridized carbons (Fsp3) is 0.588. The molecular weight excluding hydrogens is 278 g/mol. The van der Waals surface area contributed by atoms with Crippen molar-refractivity contribution in [2.75, 3.05) is 25.6 Å². The number of nitrogens with zero attached hydrogens (tertiary/aromatic N) is 1. The molecule has 0 radical (unpaired) electrons. The van der Waals surface area contributed by atoms with Crippen LogP contribution in [0.2, 0.25) is 0 Å². The first-order chi connectivity index (χ1) is 10.3. The predicted molar refractivity (Wildman–Crippen MR) is 91.2 cm³/mol. The van der Waals surface area contributed by atoms with E-state index in [4.69, 9.17) is 5.11 Å². The third-order valence-electron chi connectivity index (χ3n) is 3.72. The summed E-state index contributed by atoms with van der Waals surface area (Å²) in [5, 5.41) is 14.9. The number of aliphatic hydroxyl groups is 1. The maximum absolute atomic E-state index is 12.0. The zero-order valence-corrected chi connectivity index (χ0v) is 14.3. The first-order valence-corrected chi connectivity index (χ1v) is 7.77. The van der Waals surface area contributed by atoms with E-state index >= 15 is 0 Å². The van der Waals surface area contributed by atoms with Crippen LogP contribution in [0.4, 0.5) is 10.5 Å². The summed E-state index contributed by atoms with van der Waals surface area (Å²) in [5.41, 5.74) is 3.38. The highest BCUT2D eigenvalue weighted by atomic mass is 16.3. The van der Waals surface area contributed by atoms with Crippen molar-refractivity contribution in [1.29, 1.82) is 0 Å². The molecule has 2 amide bonds. The second-order valence-electron chi connectivity index (χ2n) is 6.22. The van der Waals surface area contributed by atoms with Crippen LogP contribution in [-0.2, 0) is 6.54 Å². The minimum absolute atomic E-state index is 0.0173. The molecule has 3 N–H and O–H groups in total. The number of urea groups is 1. The molecule has 5 heteroatoms. The van der Waals surface area contributed by atoms with Gasteiger partial charge in [0.25, 0.3) is 0 Å². The van der Waals surface area contributed by atoms with Crippen molar-refractivity contribution in [1.82, 2.24) is 10.6 Å². The number of carbonyl (C=O) groups is 1. The monoisotopic (exact) mass is 307 g/mol. The lowest BCUT2D eigenvalue weighted by Crippen LogP contribution is -2.44. The highest BCUT2D eigenvalue weighted by Gasteiger charge is 2.15. The van der Waals surface area contributed by atoms with Crippen LogP contribution < -0.4 is 15.5 Å². The van der Waals surface area contributed by atoms with Crippen molar-refractivity contribution in [3.8, 4) is 0 Å². The van der Waals surface area contributed by atoms with E-state index in [9.17, 15) is 4.79 Å². The van der Waals surface area contributed by atoms with E-state index in [1.165, 1.54) is 5.56 Å². The Kier molecular flexibility index (Phi) is 7.18. The number of nitrogens with one attached hydrogen (secondary N) is 2. The van der Waals surface area contributed by atoms with Gasteiger partial charge in [-0.05, 0) is 36.5 Å². The smallest absolute Gasteiger partial charge is 0.315 e. The third-order valence-corrected chi connectivity index (χ3v) is 3.72. The average Bonchev–Trinajstić information content (AvgIpc) is 2.45. The molecule has 0 saturated carbocycles. The zero-order valence-electron chi connectivity index (χ0n) is 14.3. The summed E-state index contributed by atoms with van der Waals surface area (Å²) in [6, 6.07) is 5.98. The molecule has 1 atom stereocenters. The molecule has 0 fully saturated rings. The third kappa shape index (κ3) is 5.56. The van der Waals surface area contributed by atoms with Gasteiger partial charge in [-0.3, -0.25) is 0 Å². The van der Waals surface area contributed by atoms with Gasteiger partial charge in [0.1, 0.15) is 0 Å². The van der Waals surface area contributed by atoms with Crippen LogP contribution >= 0.6 is 0 Å². The normalized spacial score (nSPS) is 12.1. The van der Waals surface area contributed by atoms with Gasteiger partial charge in [0.05, 0.1) is 0 Å². The van der Waals surface area contributed by atoms with Crippen molar-refractivity contribution in [3.63, 3.8) is 0 Å².